The van der Waals surface area contributed by atoms with Crippen molar-refractivity contribution in [3.05, 3.63) is 35.9 Å². The fraction of sp³-hybridized carbons (Fsp3) is 0.364. The van der Waals surface area contributed by atoms with Gasteiger partial charge in [-0.15, -0.1) is 0 Å². The van der Waals surface area contributed by atoms with Gasteiger partial charge in [0.2, 0.25) is 0 Å². The number of hydrogen-bond donors (Lipinski definition) is 3. The van der Waals surface area contributed by atoms with Crippen molar-refractivity contribution >= 4 is 6.03 Å². The molecular weight excluding hydrogens is 192 g/mol. The van der Waals surface area contributed by atoms with Gasteiger partial charge >= 0.3 is 6.03 Å². The first-order valence-electron chi connectivity index (χ1n) is 4.98. The third kappa shape index (κ3) is 3.59. The molecule has 4 nitrogen and oxygen atoms in total. The molecule has 1 rings (SSSR count). The van der Waals surface area contributed by atoms with Gasteiger partial charge in [-0.25, -0.2) is 4.79 Å². The van der Waals surface area contributed by atoms with E-state index in [2.05, 4.69) is 10.6 Å². The van der Waals surface area contributed by atoms with Crippen LogP contribution in [-0.4, -0.2) is 24.3 Å². The lowest BCUT2D eigenvalue weighted by Crippen LogP contribution is -2.39. The first kappa shape index (κ1) is 11.5. The SMILES string of the molecule is CCNC(=O)NC(CO)c1ccccc1. The molecule has 0 aliphatic rings. The van der Waals surface area contributed by atoms with Crippen LogP contribution in [0, 0.1) is 0 Å². The van der Waals surface area contributed by atoms with Crippen LogP contribution in [0.25, 0.3) is 0 Å². The molecular formula is C11H16N2O2. The van der Waals surface area contributed by atoms with Crippen LogP contribution in [0.2, 0.25) is 0 Å². The molecule has 1 aromatic rings. The summed E-state index contributed by atoms with van der Waals surface area (Å²) in [7, 11) is 0. The Morgan fingerprint density at radius 2 is 2.07 bits per heavy atom. The molecule has 82 valence electrons. The molecule has 1 aromatic carbocycles. The van der Waals surface area contributed by atoms with Crippen LogP contribution in [0.5, 0.6) is 0 Å². The van der Waals surface area contributed by atoms with E-state index in [1.807, 2.05) is 37.3 Å². The molecule has 0 bridgehead atoms. The van der Waals surface area contributed by atoms with Gasteiger partial charge in [0, 0.05) is 6.54 Å². The predicted octanol–water partition coefficient (Wildman–Crippen LogP) is 1.04. The number of rotatable bonds is 4. The largest absolute Gasteiger partial charge is 0.394 e. The minimum atomic E-state index is -0.349. The van der Waals surface area contributed by atoms with Crippen molar-refractivity contribution in [3.63, 3.8) is 0 Å². The van der Waals surface area contributed by atoms with Crippen LogP contribution in [-0.2, 0) is 0 Å². The standard InChI is InChI=1S/C11H16N2O2/c1-2-12-11(15)13-10(8-14)9-6-4-3-5-7-9/h3-7,10,14H,2,8H2,1H3,(H2,12,13,15). The average Bonchev–Trinajstić information content (AvgIpc) is 2.27. The Morgan fingerprint density at radius 3 is 2.60 bits per heavy atom. The maximum absolute atomic E-state index is 11.3. The summed E-state index contributed by atoms with van der Waals surface area (Å²) in [5, 5.41) is 14.5. The van der Waals surface area contributed by atoms with E-state index in [-0.39, 0.29) is 18.7 Å². The number of urea groups is 1. The summed E-state index contributed by atoms with van der Waals surface area (Å²) < 4.78 is 0. The highest BCUT2D eigenvalue weighted by atomic mass is 16.3. The summed E-state index contributed by atoms with van der Waals surface area (Å²) >= 11 is 0. The minimum Gasteiger partial charge on any atom is -0.394 e. The van der Waals surface area contributed by atoms with Crippen molar-refractivity contribution < 1.29 is 9.90 Å². The zero-order chi connectivity index (χ0) is 11.1. The normalized spacial score (nSPS) is 11.9. The number of benzene rings is 1. The number of amides is 2. The first-order valence-corrected chi connectivity index (χ1v) is 4.98. The zero-order valence-corrected chi connectivity index (χ0v) is 8.73. The molecule has 0 aliphatic heterocycles. The topological polar surface area (TPSA) is 61.4 Å². The van der Waals surface area contributed by atoms with E-state index in [1.54, 1.807) is 0 Å². The lowest BCUT2D eigenvalue weighted by atomic mass is 10.1. The van der Waals surface area contributed by atoms with Gasteiger partial charge < -0.3 is 15.7 Å². The summed E-state index contributed by atoms with van der Waals surface area (Å²) in [6.45, 7) is 2.30. The van der Waals surface area contributed by atoms with Crippen LogP contribution in [0.15, 0.2) is 30.3 Å². The molecule has 2 amide bonds. The van der Waals surface area contributed by atoms with E-state index in [0.29, 0.717) is 6.54 Å². The molecule has 15 heavy (non-hydrogen) atoms. The average molecular weight is 208 g/mol. The molecule has 0 heterocycles. The Labute approximate surface area is 89.3 Å². The molecule has 1 atom stereocenters. The number of carbonyl (C=O) groups excluding carboxylic acids is 1. The van der Waals surface area contributed by atoms with E-state index in [0.717, 1.165) is 5.56 Å². The Morgan fingerprint density at radius 1 is 1.40 bits per heavy atom. The number of carbonyl (C=O) groups is 1. The van der Waals surface area contributed by atoms with Crippen molar-refractivity contribution in [1.29, 1.82) is 0 Å². The van der Waals surface area contributed by atoms with Gasteiger partial charge in [-0.3, -0.25) is 0 Å². The second kappa shape index (κ2) is 6.03. The summed E-state index contributed by atoms with van der Waals surface area (Å²) in [6, 6.07) is 8.76. The molecule has 0 aliphatic carbocycles. The van der Waals surface area contributed by atoms with Crippen LogP contribution < -0.4 is 10.6 Å². The van der Waals surface area contributed by atoms with E-state index in [9.17, 15) is 4.79 Å². The molecule has 4 heteroatoms. The number of hydrogen-bond acceptors (Lipinski definition) is 2. The first-order chi connectivity index (χ1) is 7.27. The maximum atomic E-state index is 11.3. The van der Waals surface area contributed by atoms with E-state index < -0.39 is 0 Å². The van der Waals surface area contributed by atoms with E-state index >= 15 is 0 Å². The highest BCUT2D eigenvalue weighted by molar-refractivity contribution is 5.74. The van der Waals surface area contributed by atoms with Gasteiger partial charge in [0.15, 0.2) is 0 Å². The van der Waals surface area contributed by atoms with Crippen molar-refractivity contribution in [1.82, 2.24) is 10.6 Å². The van der Waals surface area contributed by atoms with E-state index in [4.69, 9.17) is 5.11 Å². The second-order valence-corrected chi connectivity index (χ2v) is 3.15. The smallest absolute Gasteiger partial charge is 0.315 e. The van der Waals surface area contributed by atoms with Gasteiger partial charge in [0.1, 0.15) is 0 Å². The summed E-state index contributed by atoms with van der Waals surface area (Å²) in [5.41, 5.74) is 0.895. The third-order valence-corrected chi connectivity index (χ3v) is 2.03. The van der Waals surface area contributed by atoms with Gasteiger partial charge in [-0.1, -0.05) is 30.3 Å². The van der Waals surface area contributed by atoms with Crippen LogP contribution in [0.3, 0.4) is 0 Å². The summed E-state index contributed by atoms with van der Waals surface area (Å²) in [5.74, 6) is 0. The molecule has 3 N–H and O–H groups in total. The zero-order valence-electron chi connectivity index (χ0n) is 8.73. The highest BCUT2D eigenvalue weighted by Gasteiger charge is 2.11. The maximum Gasteiger partial charge on any atom is 0.315 e. The van der Waals surface area contributed by atoms with Crippen LogP contribution >= 0.6 is 0 Å². The lowest BCUT2D eigenvalue weighted by molar-refractivity contribution is 0.217. The quantitative estimate of drug-likeness (QED) is 0.692. The Bertz CT molecular complexity index is 301. The number of aliphatic hydroxyl groups is 1. The van der Waals surface area contributed by atoms with Crippen molar-refractivity contribution in [2.45, 2.75) is 13.0 Å². The Balaban J connectivity index is 2.61. The van der Waals surface area contributed by atoms with Crippen LogP contribution in [0.4, 0.5) is 4.79 Å². The van der Waals surface area contributed by atoms with Gasteiger partial charge in [0.25, 0.3) is 0 Å². The number of nitrogens with one attached hydrogen (secondary N) is 2. The molecule has 0 radical (unpaired) electrons. The minimum absolute atomic E-state index is 0.110. The second-order valence-electron chi connectivity index (χ2n) is 3.15. The molecule has 0 fully saturated rings. The monoisotopic (exact) mass is 208 g/mol. The molecule has 0 saturated carbocycles. The van der Waals surface area contributed by atoms with Gasteiger partial charge in [0.05, 0.1) is 12.6 Å². The Hall–Kier alpha value is -1.55. The molecule has 0 aromatic heterocycles. The highest BCUT2D eigenvalue weighted by Crippen LogP contribution is 2.10. The summed E-state index contributed by atoms with van der Waals surface area (Å²) in [6.07, 6.45) is 0. The fourth-order valence-electron chi connectivity index (χ4n) is 1.29. The van der Waals surface area contributed by atoms with Gasteiger partial charge in [-0.05, 0) is 12.5 Å². The van der Waals surface area contributed by atoms with Crippen molar-refractivity contribution in [2.24, 2.45) is 0 Å². The van der Waals surface area contributed by atoms with Crippen molar-refractivity contribution in [2.75, 3.05) is 13.2 Å². The van der Waals surface area contributed by atoms with Crippen LogP contribution in [0.1, 0.15) is 18.5 Å². The lowest BCUT2D eigenvalue weighted by Gasteiger charge is -2.16. The fourth-order valence-corrected chi connectivity index (χ4v) is 1.29. The van der Waals surface area contributed by atoms with Gasteiger partial charge in [-0.2, -0.15) is 0 Å². The Kier molecular flexibility index (Phi) is 4.63. The third-order valence-electron chi connectivity index (χ3n) is 2.03. The molecule has 0 saturated heterocycles. The van der Waals surface area contributed by atoms with E-state index in [1.165, 1.54) is 0 Å². The summed E-state index contributed by atoms with van der Waals surface area (Å²) in [4.78, 5) is 11.3. The van der Waals surface area contributed by atoms with Crippen molar-refractivity contribution in [3.8, 4) is 0 Å². The molecule has 0 spiro atoms. The predicted molar refractivity (Wildman–Crippen MR) is 58.5 cm³/mol. The number of aliphatic hydroxyl groups excluding tert-OH is 1. The molecule has 1 unspecified atom stereocenters.